The highest BCUT2D eigenvalue weighted by Gasteiger charge is 2.22. The van der Waals surface area contributed by atoms with Gasteiger partial charge in [-0.2, -0.15) is 5.10 Å². The van der Waals surface area contributed by atoms with Gasteiger partial charge in [-0.1, -0.05) is 13.8 Å². The molecule has 0 saturated carbocycles. The number of pyridine rings is 1. The lowest BCUT2D eigenvalue weighted by molar-refractivity contribution is 0.532. The largest absolute Gasteiger partial charge is 0.332 e. The summed E-state index contributed by atoms with van der Waals surface area (Å²) in [6.45, 7) is 8.92. The predicted octanol–water partition coefficient (Wildman–Crippen LogP) is 2.55. The van der Waals surface area contributed by atoms with Crippen LogP contribution in [-0.4, -0.2) is 34.7 Å². The van der Waals surface area contributed by atoms with Gasteiger partial charge in [0.2, 0.25) is 10.0 Å². The summed E-state index contributed by atoms with van der Waals surface area (Å²) in [4.78, 5) is 4.72. The van der Waals surface area contributed by atoms with Gasteiger partial charge in [0.1, 0.15) is 10.5 Å². The van der Waals surface area contributed by atoms with Crippen molar-refractivity contribution in [2.75, 3.05) is 6.54 Å². The van der Waals surface area contributed by atoms with E-state index in [-0.39, 0.29) is 4.90 Å². The third-order valence-electron chi connectivity index (χ3n) is 4.29. The summed E-state index contributed by atoms with van der Waals surface area (Å²) < 4.78 is 29.9. The lowest BCUT2D eigenvalue weighted by Crippen LogP contribution is -2.26. The van der Waals surface area contributed by atoms with Crippen molar-refractivity contribution in [1.29, 1.82) is 0 Å². The summed E-state index contributed by atoms with van der Waals surface area (Å²) in [6, 6.07) is 3.95. The van der Waals surface area contributed by atoms with Crippen LogP contribution in [0.5, 0.6) is 0 Å². The average molecular weight is 375 g/mol. The number of fused-ring (bicyclic) bond motifs is 1. The number of hydrogen-bond acceptors (Lipinski definition) is 4. The third-order valence-corrected chi connectivity index (χ3v) is 6.02. The van der Waals surface area contributed by atoms with Crippen LogP contribution < -0.4 is 4.72 Å². The van der Waals surface area contributed by atoms with E-state index in [9.17, 15) is 8.42 Å². The van der Waals surface area contributed by atoms with Crippen LogP contribution in [0.1, 0.15) is 30.8 Å². The SMILES string of the molecule is Cc1n[nH]c(C)c1S(=O)(=O)NCCc1cn(CC(C)C)c2ncccc12. The Morgan fingerprint density at radius 3 is 2.73 bits per heavy atom. The molecule has 8 heteroatoms. The van der Waals surface area contributed by atoms with E-state index < -0.39 is 10.0 Å². The zero-order chi connectivity index (χ0) is 18.9. The van der Waals surface area contributed by atoms with Crippen molar-refractivity contribution < 1.29 is 8.42 Å². The molecular weight excluding hydrogens is 350 g/mol. The first-order valence-corrected chi connectivity index (χ1v) is 10.2. The van der Waals surface area contributed by atoms with Gasteiger partial charge in [0.25, 0.3) is 0 Å². The zero-order valence-electron chi connectivity index (χ0n) is 15.6. The van der Waals surface area contributed by atoms with Crippen LogP contribution in [-0.2, 0) is 23.0 Å². The zero-order valence-corrected chi connectivity index (χ0v) is 16.4. The molecule has 0 bridgehead atoms. The molecule has 0 atom stereocenters. The maximum absolute atomic E-state index is 12.6. The molecule has 2 N–H and O–H groups in total. The van der Waals surface area contributed by atoms with Crippen LogP contribution in [0.25, 0.3) is 11.0 Å². The van der Waals surface area contributed by atoms with Gasteiger partial charge in [0.15, 0.2) is 0 Å². The van der Waals surface area contributed by atoms with Gasteiger partial charge in [-0.15, -0.1) is 0 Å². The molecule has 3 aromatic rings. The molecule has 140 valence electrons. The van der Waals surface area contributed by atoms with Gasteiger partial charge in [0.05, 0.1) is 11.4 Å². The standard InChI is InChI=1S/C18H25N5O2S/c1-12(2)10-23-11-15(16-6-5-8-19-18(16)23)7-9-20-26(24,25)17-13(3)21-22-14(17)4/h5-6,8,11-12,20H,7,9-10H2,1-4H3,(H,21,22). The molecule has 0 radical (unpaired) electrons. The molecule has 0 aliphatic rings. The summed E-state index contributed by atoms with van der Waals surface area (Å²) >= 11 is 0. The van der Waals surface area contributed by atoms with Crippen molar-refractivity contribution in [2.45, 2.75) is 45.6 Å². The molecule has 26 heavy (non-hydrogen) atoms. The lowest BCUT2D eigenvalue weighted by atomic mass is 10.2. The molecule has 3 heterocycles. The van der Waals surface area contributed by atoms with Crippen LogP contribution >= 0.6 is 0 Å². The summed E-state index contributed by atoms with van der Waals surface area (Å²) in [7, 11) is -3.58. The van der Waals surface area contributed by atoms with Crippen LogP contribution in [0, 0.1) is 19.8 Å². The first-order valence-electron chi connectivity index (χ1n) is 8.73. The van der Waals surface area contributed by atoms with E-state index in [1.165, 1.54) is 0 Å². The number of hydrogen-bond donors (Lipinski definition) is 2. The van der Waals surface area contributed by atoms with Crippen LogP contribution in [0.3, 0.4) is 0 Å². The molecule has 0 unspecified atom stereocenters. The number of rotatable bonds is 7. The van der Waals surface area contributed by atoms with Gasteiger partial charge in [-0.05, 0) is 43.9 Å². The summed E-state index contributed by atoms with van der Waals surface area (Å²) in [5, 5.41) is 7.75. The number of sulfonamides is 1. The van der Waals surface area contributed by atoms with Gasteiger partial charge < -0.3 is 4.57 Å². The number of aryl methyl sites for hydroxylation is 2. The average Bonchev–Trinajstić information content (AvgIpc) is 3.08. The molecule has 0 aliphatic heterocycles. The number of aromatic nitrogens is 4. The van der Waals surface area contributed by atoms with E-state index >= 15 is 0 Å². The number of H-pyrrole nitrogens is 1. The Morgan fingerprint density at radius 1 is 1.31 bits per heavy atom. The summed E-state index contributed by atoms with van der Waals surface area (Å²) in [5.41, 5.74) is 3.07. The second-order valence-corrected chi connectivity index (χ2v) is 8.69. The van der Waals surface area contributed by atoms with E-state index in [0.717, 1.165) is 23.1 Å². The topological polar surface area (TPSA) is 92.7 Å². The minimum atomic E-state index is -3.58. The third kappa shape index (κ3) is 3.66. The van der Waals surface area contributed by atoms with Gasteiger partial charge >= 0.3 is 0 Å². The molecule has 3 rings (SSSR count). The maximum atomic E-state index is 12.6. The van der Waals surface area contributed by atoms with Crippen LogP contribution in [0.15, 0.2) is 29.4 Å². The van der Waals surface area contributed by atoms with Crippen molar-refractivity contribution in [3.8, 4) is 0 Å². The molecule has 0 saturated heterocycles. The van der Waals surface area contributed by atoms with E-state index in [1.54, 1.807) is 20.0 Å². The van der Waals surface area contributed by atoms with Crippen molar-refractivity contribution in [1.82, 2.24) is 24.5 Å². The number of nitrogens with one attached hydrogen (secondary N) is 2. The first kappa shape index (κ1) is 18.6. The first-order chi connectivity index (χ1) is 12.3. The second-order valence-electron chi connectivity index (χ2n) is 6.99. The Bertz CT molecular complexity index is 998. The second kappa shape index (κ2) is 7.20. The van der Waals surface area contributed by atoms with E-state index in [0.29, 0.717) is 30.3 Å². The molecule has 3 aromatic heterocycles. The molecule has 7 nitrogen and oxygen atoms in total. The molecule has 0 fully saturated rings. The fraction of sp³-hybridized carbons (Fsp3) is 0.444. The normalized spacial score (nSPS) is 12.3. The summed E-state index contributed by atoms with van der Waals surface area (Å²) in [6.07, 6.45) is 4.47. The van der Waals surface area contributed by atoms with E-state index in [4.69, 9.17) is 0 Å². The molecule has 0 aliphatic carbocycles. The lowest BCUT2D eigenvalue weighted by Gasteiger charge is -2.07. The van der Waals surface area contributed by atoms with E-state index in [2.05, 4.69) is 44.5 Å². The fourth-order valence-corrected chi connectivity index (χ4v) is 4.65. The maximum Gasteiger partial charge on any atom is 0.244 e. The Balaban J connectivity index is 1.78. The van der Waals surface area contributed by atoms with Crippen molar-refractivity contribution in [3.05, 3.63) is 41.5 Å². The van der Waals surface area contributed by atoms with Gasteiger partial charge in [0, 0.05) is 30.9 Å². The van der Waals surface area contributed by atoms with E-state index in [1.807, 2.05) is 12.1 Å². The van der Waals surface area contributed by atoms with Crippen molar-refractivity contribution >= 4 is 21.1 Å². The van der Waals surface area contributed by atoms with Gasteiger partial charge in [-0.3, -0.25) is 5.10 Å². The molecule has 0 aromatic carbocycles. The Morgan fingerprint density at radius 2 is 2.08 bits per heavy atom. The fourth-order valence-electron chi connectivity index (χ4n) is 3.26. The monoisotopic (exact) mass is 375 g/mol. The predicted molar refractivity (Wildman–Crippen MR) is 102 cm³/mol. The van der Waals surface area contributed by atoms with Crippen molar-refractivity contribution in [2.24, 2.45) is 5.92 Å². The highest BCUT2D eigenvalue weighted by molar-refractivity contribution is 7.89. The number of nitrogens with zero attached hydrogens (tertiary/aromatic N) is 3. The molecule has 0 spiro atoms. The van der Waals surface area contributed by atoms with Crippen LogP contribution in [0.4, 0.5) is 0 Å². The summed E-state index contributed by atoms with van der Waals surface area (Å²) in [5.74, 6) is 0.506. The Labute approximate surface area is 153 Å². The minimum Gasteiger partial charge on any atom is -0.332 e. The highest BCUT2D eigenvalue weighted by Crippen LogP contribution is 2.21. The molecule has 0 amide bonds. The minimum absolute atomic E-state index is 0.237. The quantitative estimate of drug-likeness (QED) is 0.664. The Hall–Kier alpha value is -2.19. The van der Waals surface area contributed by atoms with Crippen molar-refractivity contribution in [3.63, 3.8) is 0 Å². The highest BCUT2D eigenvalue weighted by atomic mass is 32.2. The van der Waals surface area contributed by atoms with Gasteiger partial charge in [-0.25, -0.2) is 18.1 Å². The Kier molecular flexibility index (Phi) is 5.15. The smallest absolute Gasteiger partial charge is 0.244 e. The molecular formula is C18H25N5O2S. The number of aromatic amines is 1. The van der Waals surface area contributed by atoms with Crippen LogP contribution in [0.2, 0.25) is 0 Å².